The molecular formula is C16H21NO5. The predicted octanol–water partition coefficient (Wildman–Crippen LogP) is 1.62. The Hall–Kier alpha value is -1.92. The number of rotatable bonds is 6. The fourth-order valence-corrected chi connectivity index (χ4v) is 2.31. The number of carboxylic acids is 1. The third-order valence-corrected chi connectivity index (χ3v) is 3.43. The number of benzene rings is 1. The zero-order chi connectivity index (χ0) is 16.1. The van der Waals surface area contributed by atoms with Crippen LogP contribution in [0.1, 0.15) is 39.6 Å². The van der Waals surface area contributed by atoms with Gasteiger partial charge in [-0.2, -0.15) is 0 Å². The van der Waals surface area contributed by atoms with Crippen molar-refractivity contribution in [2.24, 2.45) is 0 Å². The minimum absolute atomic E-state index is 0.0944. The second-order valence-electron chi connectivity index (χ2n) is 5.59. The van der Waals surface area contributed by atoms with Gasteiger partial charge >= 0.3 is 5.97 Å². The van der Waals surface area contributed by atoms with Crippen LogP contribution in [-0.4, -0.2) is 48.9 Å². The van der Waals surface area contributed by atoms with Gasteiger partial charge in [-0.25, -0.2) is 4.79 Å². The molecule has 6 heteroatoms. The van der Waals surface area contributed by atoms with Crippen molar-refractivity contribution in [3.63, 3.8) is 0 Å². The second kappa shape index (κ2) is 7.38. The van der Waals surface area contributed by atoms with Crippen LogP contribution in [0.2, 0.25) is 0 Å². The summed E-state index contributed by atoms with van der Waals surface area (Å²) >= 11 is 0. The average molecular weight is 307 g/mol. The maximum atomic E-state index is 12.2. The molecule has 1 aromatic rings. The monoisotopic (exact) mass is 307 g/mol. The van der Waals surface area contributed by atoms with Crippen LogP contribution in [0.5, 0.6) is 0 Å². The summed E-state index contributed by atoms with van der Waals surface area (Å²) in [6, 6.07) is 4.41. The summed E-state index contributed by atoms with van der Waals surface area (Å²) in [6.07, 6.45) is 0.970. The normalized spacial score (nSPS) is 18.9. The number of hydrogen-bond donors (Lipinski definition) is 2. The lowest BCUT2D eigenvalue weighted by atomic mass is 10.1. The number of amides is 1. The van der Waals surface area contributed by atoms with E-state index in [2.05, 4.69) is 5.32 Å². The summed E-state index contributed by atoms with van der Waals surface area (Å²) < 4.78 is 10.9. The van der Waals surface area contributed by atoms with Crippen molar-refractivity contribution in [1.82, 2.24) is 5.32 Å². The van der Waals surface area contributed by atoms with Crippen LogP contribution in [0.3, 0.4) is 0 Å². The van der Waals surface area contributed by atoms with Gasteiger partial charge in [-0.15, -0.1) is 0 Å². The SMILES string of the molecule is Cc1cc(C(=O)O)cc(C(=O)NC(C)COC2CCOC2)c1. The number of aromatic carboxylic acids is 1. The summed E-state index contributed by atoms with van der Waals surface area (Å²) in [7, 11) is 0. The molecule has 0 bridgehead atoms. The summed E-state index contributed by atoms with van der Waals surface area (Å²) in [5, 5.41) is 11.9. The van der Waals surface area contributed by atoms with Gasteiger partial charge in [0.1, 0.15) is 0 Å². The third kappa shape index (κ3) is 4.54. The van der Waals surface area contributed by atoms with E-state index in [1.165, 1.54) is 12.1 Å². The molecule has 2 rings (SSSR count). The first kappa shape index (κ1) is 16.5. The van der Waals surface area contributed by atoms with Crippen LogP contribution < -0.4 is 5.32 Å². The molecule has 1 aromatic carbocycles. The molecule has 1 heterocycles. The molecule has 0 radical (unpaired) electrons. The van der Waals surface area contributed by atoms with Gasteiger partial charge in [-0.05, 0) is 44.0 Å². The Balaban J connectivity index is 1.91. The Morgan fingerprint density at radius 3 is 2.77 bits per heavy atom. The standard InChI is InChI=1S/C16H21NO5/c1-10-5-12(7-13(6-10)16(19)20)15(18)17-11(2)8-22-14-3-4-21-9-14/h5-7,11,14H,3-4,8-9H2,1-2H3,(H,17,18)(H,19,20). The lowest BCUT2D eigenvalue weighted by Gasteiger charge is -2.17. The fourth-order valence-electron chi connectivity index (χ4n) is 2.31. The molecule has 2 N–H and O–H groups in total. The van der Waals surface area contributed by atoms with E-state index < -0.39 is 5.97 Å². The van der Waals surface area contributed by atoms with E-state index in [1.807, 2.05) is 6.92 Å². The molecule has 0 saturated carbocycles. The van der Waals surface area contributed by atoms with E-state index in [-0.39, 0.29) is 23.6 Å². The van der Waals surface area contributed by atoms with E-state index in [1.54, 1.807) is 13.0 Å². The van der Waals surface area contributed by atoms with Crippen molar-refractivity contribution in [1.29, 1.82) is 0 Å². The highest BCUT2D eigenvalue weighted by Crippen LogP contribution is 2.11. The van der Waals surface area contributed by atoms with E-state index in [9.17, 15) is 9.59 Å². The molecule has 1 fully saturated rings. The molecule has 1 amide bonds. The zero-order valence-corrected chi connectivity index (χ0v) is 12.8. The molecule has 0 spiro atoms. The highest BCUT2D eigenvalue weighted by molar-refractivity contribution is 5.97. The van der Waals surface area contributed by atoms with Gasteiger partial charge in [-0.3, -0.25) is 4.79 Å². The first-order valence-electron chi connectivity index (χ1n) is 7.31. The van der Waals surface area contributed by atoms with Crippen LogP contribution in [0.4, 0.5) is 0 Å². The summed E-state index contributed by atoms with van der Waals surface area (Å²) in [6.45, 7) is 5.32. The van der Waals surface area contributed by atoms with Crippen molar-refractivity contribution in [2.75, 3.05) is 19.8 Å². The first-order chi connectivity index (χ1) is 10.5. The molecule has 1 saturated heterocycles. The second-order valence-corrected chi connectivity index (χ2v) is 5.59. The topological polar surface area (TPSA) is 84.9 Å². The maximum absolute atomic E-state index is 12.2. The van der Waals surface area contributed by atoms with Crippen molar-refractivity contribution in [2.45, 2.75) is 32.4 Å². The number of ether oxygens (including phenoxy) is 2. The Morgan fingerprint density at radius 2 is 2.14 bits per heavy atom. The molecule has 1 aliphatic heterocycles. The molecular weight excluding hydrogens is 286 g/mol. The Labute approximate surface area is 129 Å². The van der Waals surface area contributed by atoms with Crippen molar-refractivity contribution in [3.05, 3.63) is 34.9 Å². The maximum Gasteiger partial charge on any atom is 0.335 e. The molecule has 6 nitrogen and oxygen atoms in total. The quantitative estimate of drug-likeness (QED) is 0.834. The number of nitrogens with one attached hydrogen (secondary N) is 1. The Kier molecular flexibility index (Phi) is 5.51. The zero-order valence-electron chi connectivity index (χ0n) is 12.8. The molecule has 0 aromatic heterocycles. The largest absolute Gasteiger partial charge is 0.478 e. The van der Waals surface area contributed by atoms with Crippen molar-refractivity contribution in [3.8, 4) is 0 Å². The minimum atomic E-state index is -1.05. The lowest BCUT2D eigenvalue weighted by Crippen LogP contribution is -2.37. The number of carboxylic acid groups (broad SMARTS) is 1. The molecule has 2 atom stereocenters. The van der Waals surface area contributed by atoms with E-state index in [4.69, 9.17) is 14.6 Å². The summed E-state index contributed by atoms with van der Waals surface area (Å²) in [5.41, 5.74) is 1.18. The van der Waals surface area contributed by atoms with Crippen LogP contribution >= 0.6 is 0 Å². The average Bonchev–Trinajstić information content (AvgIpc) is 2.97. The number of carbonyl (C=O) groups excluding carboxylic acids is 1. The first-order valence-corrected chi connectivity index (χ1v) is 7.31. The van der Waals surface area contributed by atoms with Crippen LogP contribution in [0.15, 0.2) is 18.2 Å². The van der Waals surface area contributed by atoms with Crippen molar-refractivity contribution >= 4 is 11.9 Å². The van der Waals surface area contributed by atoms with E-state index >= 15 is 0 Å². The predicted molar refractivity (Wildman–Crippen MR) is 80.2 cm³/mol. The highest BCUT2D eigenvalue weighted by atomic mass is 16.5. The van der Waals surface area contributed by atoms with E-state index in [0.717, 1.165) is 12.0 Å². The lowest BCUT2D eigenvalue weighted by molar-refractivity contribution is 0.0318. The summed E-state index contributed by atoms with van der Waals surface area (Å²) in [4.78, 5) is 23.2. The minimum Gasteiger partial charge on any atom is -0.478 e. The number of aryl methyl sites for hydroxylation is 1. The van der Waals surface area contributed by atoms with Crippen LogP contribution in [-0.2, 0) is 9.47 Å². The van der Waals surface area contributed by atoms with E-state index in [0.29, 0.717) is 25.4 Å². The van der Waals surface area contributed by atoms with Crippen LogP contribution in [0.25, 0.3) is 0 Å². The van der Waals surface area contributed by atoms with Crippen molar-refractivity contribution < 1.29 is 24.2 Å². The van der Waals surface area contributed by atoms with Gasteiger partial charge in [0, 0.05) is 18.2 Å². The Bertz CT molecular complexity index is 551. The molecule has 120 valence electrons. The van der Waals surface area contributed by atoms with Gasteiger partial charge < -0.3 is 19.9 Å². The third-order valence-electron chi connectivity index (χ3n) is 3.43. The smallest absolute Gasteiger partial charge is 0.335 e. The van der Waals surface area contributed by atoms with Gasteiger partial charge in [-0.1, -0.05) is 0 Å². The fraction of sp³-hybridized carbons (Fsp3) is 0.500. The highest BCUT2D eigenvalue weighted by Gasteiger charge is 2.18. The molecule has 0 aliphatic carbocycles. The molecule has 1 aliphatic rings. The number of hydrogen-bond acceptors (Lipinski definition) is 4. The molecule has 22 heavy (non-hydrogen) atoms. The van der Waals surface area contributed by atoms with Gasteiger partial charge in [0.2, 0.25) is 0 Å². The molecule has 2 unspecified atom stereocenters. The Morgan fingerprint density at radius 1 is 1.41 bits per heavy atom. The van der Waals surface area contributed by atoms with Gasteiger partial charge in [0.25, 0.3) is 5.91 Å². The van der Waals surface area contributed by atoms with Gasteiger partial charge in [0.05, 0.1) is 24.9 Å². The number of carbonyl (C=O) groups is 2. The van der Waals surface area contributed by atoms with Gasteiger partial charge in [0.15, 0.2) is 0 Å². The summed E-state index contributed by atoms with van der Waals surface area (Å²) in [5.74, 6) is -1.35. The van der Waals surface area contributed by atoms with Crippen LogP contribution in [0, 0.1) is 6.92 Å².